The Bertz CT molecular complexity index is 720. The maximum Gasteiger partial charge on any atom is 0.223 e. The first-order valence-electron chi connectivity index (χ1n) is 5.50. The van der Waals surface area contributed by atoms with Gasteiger partial charge in [0, 0.05) is 9.85 Å². The fourth-order valence-corrected chi connectivity index (χ4v) is 3.08. The molecule has 2 heterocycles. The van der Waals surface area contributed by atoms with Crippen molar-refractivity contribution in [1.29, 1.82) is 0 Å². The number of rotatable bonds is 3. The Morgan fingerprint density at radius 3 is 2.74 bits per heavy atom. The van der Waals surface area contributed by atoms with Crippen LogP contribution in [-0.4, -0.2) is 20.8 Å². The summed E-state index contributed by atoms with van der Waals surface area (Å²) in [5.41, 5.74) is 1.28. The number of para-hydroxylation sites is 1. The summed E-state index contributed by atoms with van der Waals surface area (Å²) in [7, 11) is 0. The molecule has 0 N–H and O–H groups in total. The van der Waals surface area contributed by atoms with Crippen molar-refractivity contribution in [2.45, 2.75) is 0 Å². The van der Waals surface area contributed by atoms with Gasteiger partial charge in [0.25, 0.3) is 0 Å². The topological polar surface area (TPSA) is 47.8 Å². The summed E-state index contributed by atoms with van der Waals surface area (Å²) < 4.78 is 2.45. The number of halogens is 1. The summed E-state index contributed by atoms with van der Waals surface area (Å²) in [6.45, 7) is 0. The van der Waals surface area contributed by atoms with E-state index in [2.05, 4.69) is 26.2 Å². The zero-order valence-corrected chi connectivity index (χ0v) is 12.1. The van der Waals surface area contributed by atoms with Gasteiger partial charge in [0.15, 0.2) is 0 Å². The Morgan fingerprint density at radius 1 is 1.26 bits per heavy atom. The SMILES string of the molecule is O=C(c1cc(Br)cs1)c1cnnn1-c1ccccc1. The summed E-state index contributed by atoms with van der Waals surface area (Å²) in [5.74, 6) is -0.0791. The number of ketones is 1. The molecule has 19 heavy (non-hydrogen) atoms. The minimum Gasteiger partial charge on any atom is -0.286 e. The van der Waals surface area contributed by atoms with Crippen molar-refractivity contribution >= 4 is 33.0 Å². The van der Waals surface area contributed by atoms with E-state index >= 15 is 0 Å². The normalized spacial score (nSPS) is 10.6. The molecular weight excluding hydrogens is 326 g/mol. The van der Waals surface area contributed by atoms with Gasteiger partial charge in [0.05, 0.1) is 16.8 Å². The van der Waals surface area contributed by atoms with Crippen molar-refractivity contribution in [3.05, 3.63) is 63.0 Å². The molecule has 0 atom stereocenters. The largest absolute Gasteiger partial charge is 0.286 e. The predicted molar refractivity (Wildman–Crippen MR) is 76.8 cm³/mol. The third kappa shape index (κ3) is 2.36. The van der Waals surface area contributed by atoms with Crippen LogP contribution < -0.4 is 0 Å². The van der Waals surface area contributed by atoms with Gasteiger partial charge in [-0.3, -0.25) is 4.79 Å². The second kappa shape index (κ2) is 5.07. The Labute approximate surface area is 121 Å². The van der Waals surface area contributed by atoms with E-state index < -0.39 is 0 Å². The van der Waals surface area contributed by atoms with Gasteiger partial charge in [-0.2, -0.15) is 0 Å². The van der Waals surface area contributed by atoms with Gasteiger partial charge < -0.3 is 0 Å². The maximum atomic E-state index is 12.4. The molecular formula is C13H8BrN3OS. The number of hydrogen-bond acceptors (Lipinski definition) is 4. The summed E-state index contributed by atoms with van der Waals surface area (Å²) in [5, 5.41) is 9.69. The highest BCUT2D eigenvalue weighted by atomic mass is 79.9. The fourth-order valence-electron chi connectivity index (χ4n) is 1.71. The highest BCUT2D eigenvalue weighted by Crippen LogP contribution is 2.23. The van der Waals surface area contributed by atoms with Crippen molar-refractivity contribution in [2.75, 3.05) is 0 Å². The van der Waals surface area contributed by atoms with Crippen LogP contribution in [0.3, 0.4) is 0 Å². The molecule has 0 unspecified atom stereocenters. The fraction of sp³-hybridized carbons (Fsp3) is 0. The van der Waals surface area contributed by atoms with Crippen LogP contribution in [0.25, 0.3) is 5.69 Å². The van der Waals surface area contributed by atoms with E-state index in [1.54, 1.807) is 10.7 Å². The molecule has 3 rings (SSSR count). The third-order valence-electron chi connectivity index (χ3n) is 2.57. The van der Waals surface area contributed by atoms with Gasteiger partial charge in [-0.15, -0.1) is 16.4 Å². The molecule has 94 valence electrons. The van der Waals surface area contributed by atoms with Crippen molar-refractivity contribution < 1.29 is 4.79 Å². The van der Waals surface area contributed by atoms with Crippen LogP contribution in [0.1, 0.15) is 15.4 Å². The quantitative estimate of drug-likeness (QED) is 0.691. The minimum atomic E-state index is -0.0791. The van der Waals surface area contributed by atoms with Crippen LogP contribution in [0.15, 0.2) is 52.4 Å². The summed E-state index contributed by atoms with van der Waals surface area (Å²) in [6, 6.07) is 11.3. The van der Waals surface area contributed by atoms with Crippen LogP contribution >= 0.6 is 27.3 Å². The average Bonchev–Trinajstić information content (AvgIpc) is 3.07. The first-order chi connectivity index (χ1) is 9.25. The average molecular weight is 334 g/mol. The Hall–Kier alpha value is -1.79. The Morgan fingerprint density at radius 2 is 2.05 bits per heavy atom. The first-order valence-corrected chi connectivity index (χ1v) is 7.18. The monoisotopic (exact) mass is 333 g/mol. The molecule has 1 aromatic carbocycles. The molecule has 2 aromatic heterocycles. The molecule has 0 saturated heterocycles. The zero-order chi connectivity index (χ0) is 13.2. The number of aromatic nitrogens is 3. The molecule has 4 nitrogen and oxygen atoms in total. The van der Waals surface area contributed by atoms with Crippen molar-refractivity contribution in [3.8, 4) is 5.69 Å². The van der Waals surface area contributed by atoms with Gasteiger partial charge in [0.2, 0.25) is 5.78 Å². The lowest BCUT2D eigenvalue weighted by Gasteiger charge is -2.03. The highest BCUT2D eigenvalue weighted by Gasteiger charge is 2.17. The van der Waals surface area contributed by atoms with Crippen molar-refractivity contribution in [2.24, 2.45) is 0 Å². The number of nitrogens with zero attached hydrogens (tertiary/aromatic N) is 3. The number of carbonyl (C=O) groups excluding carboxylic acids is 1. The molecule has 0 aliphatic carbocycles. The van der Waals surface area contributed by atoms with Gasteiger partial charge in [0.1, 0.15) is 5.69 Å². The molecule has 0 fully saturated rings. The van der Waals surface area contributed by atoms with Crippen molar-refractivity contribution in [1.82, 2.24) is 15.0 Å². The molecule has 0 amide bonds. The maximum absolute atomic E-state index is 12.4. The summed E-state index contributed by atoms with van der Waals surface area (Å²) >= 11 is 4.74. The second-order valence-corrected chi connectivity index (χ2v) is 5.65. The molecule has 0 saturated carbocycles. The van der Waals surface area contributed by atoms with E-state index in [9.17, 15) is 4.79 Å². The van der Waals surface area contributed by atoms with E-state index in [1.807, 2.05) is 35.7 Å². The van der Waals surface area contributed by atoms with Crippen LogP contribution in [0.2, 0.25) is 0 Å². The van der Waals surface area contributed by atoms with Gasteiger partial charge in [-0.25, -0.2) is 4.68 Å². The second-order valence-electron chi connectivity index (χ2n) is 3.82. The van der Waals surface area contributed by atoms with Crippen LogP contribution in [0.5, 0.6) is 0 Å². The zero-order valence-electron chi connectivity index (χ0n) is 9.65. The Balaban J connectivity index is 2.03. The summed E-state index contributed by atoms with van der Waals surface area (Å²) in [4.78, 5) is 13.1. The van der Waals surface area contributed by atoms with E-state index in [4.69, 9.17) is 0 Å². The smallest absolute Gasteiger partial charge is 0.223 e. The molecule has 6 heteroatoms. The van der Waals surface area contributed by atoms with E-state index in [0.29, 0.717) is 10.6 Å². The summed E-state index contributed by atoms with van der Waals surface area (Å²) in [6.07, 6.45) is 1.49. The van der Waals surface area contributed by atoms with Gasteiger partial charge in [-0.1, -0.05) is 23.4 Å². The lowest BCUT2D eigenvalue weighted by Crippen LogP contribution is -2.08. The van der Waals surface area contributed by atoms with Crippen LogP contribution in [-0.2, 0) is 0 Å². The molecule has 0 radical (unpaired) electrons. The number of carbonyl (C=O) groups is 1. The standard InChI is InChI=1S/C13H8BrN3OS/c14-9-6-12(19-8-9)13(18)11-7-15-16-17(11)10-4-2-1-3-5-10/h1-8H. The molecule has 0 aliphatic rings. The first kappa shape index (κ1) is 12.3. The number of benzene rings is 1. The van der Waals surface area contributed by atoms with E-state index in [-0.39, 0.29) is 5.78 Å². The van der Waals surface area contributed by atoms with Crippen LogP contribution in [0, 0.1) is 0 Å². The highest BCUT2D eigenvalue weighted by molar-refractivity contribution is 9.10. The van der Waals surface area contributed by atoms with Gasteiger partial charge in [-0.05, 0) is 34.1 Å². The molecule has 0 bridgehead atoms. The number of thiophene rings is 1. The number of hydrogen-bond donors (Lipinski definition) is 0. The van der Waals surface area contributed by atoms with Crippen molar-refractivity contribution in [3.63, 3.8) is 0 Å². The lowest BCUT2D eigenvalue weighted by atomic mass is 10.2. The van der Waals surface area contributed by atoms with Crippen LogP contribution in [0.4, 0.5) is 0 Å². The Kier molecular flexibility index (Phi) is 3.27. The van der Waals surface area contributed by atoms with Gasteiger partial charge >= 0.3 is 0 Å². The molecule has 0 spiro atoms. The lowest BCUT2D eigenvalue weighted by molar-refractivity contribution is 0.103. The molecule has 3 aromatic rings. The minimum absolute atomic E-state index is 0.0791. The van der Waals surface area contributed by atoms with E-state index in [0.717, 1.165) is 10.2 Å². The third-order valence-corrected chi connectivity index (χ3v) is 4.26. The molecule has 0 aliphatic heterocycles. The predicted octanol–water partition coefficient (Wildman–Crippen LogP) is 3.32. The van der Waals surface area contributed by atoms with E-state index in [1.165, 1.54) is 17.5 Å².